The zero-order chi connectivity index (χ0) is 72.6. The predicted octanol–water partition coefficient (Wildman–Crippen LogP) is 15.3. The summed E-state index contributed by atoms with van der Waals surface area (Å²) < 4.78 is 35.7. The van der Waals surface area contributed by atoms with Crippen LogP contribution in [0.15, 0.2) is 109 Å². The van der Waals surface area contributed by atoms with Gasteiger partial charge in [0, 0.05) is 120 Å². The first-order valence-corrected chi connectivity index (χ1v) is 40.0. The number of pyridine rings is 3. The molecule has 3 aliphatic carbocycles. The van der Waals surface area contributed by atoms with Crippen LogP contribution in [0.3, 0.4) is 0 Å². The van der Waals surface area contributed by atoms with E-state index in [2.05, 4.69) is 110 Å². The number of carbonyl (C=O) groups is 2. The molecule has 3 saturated carbocycles. The maximum atomic E-state index is 12.8. The number of carbonyl (C=O) groups excluding carboxylic acids is 2. The Balaban J connectivity index is 0.000000140. The molecule has 9 aliphatic rings. The second-order valence-corrected chi connectivity index (χ2v) is 30.9. The maximum absolute atomic E-state index is 12.8. The number of methoxy groups -OCH3 is 3. The minimum absolute atomic E-state index is 0.193. The summed E-state index contributed by atoms with van der Waals surface area (Å²) >= 11 is 0. The van der Waals surface area contributed by atoms with Crippen molar-refractivity contribution in [2.45, 2.75) is 222 Å². The van der Waals surface area contributed by atoms with Crippen LogP contribution in [0.5, 0.6) is 11.5 Å². The number of nitrogens with one attached hydrogen (secondary N) is 3. The number of nitrogens with zero attached hydrogens (tertiary/aromatic N) is 6. The van der Waals surface area contributed by atoms with Crippen molar-refractivity contribution in [3.8, 4) is 11.5 Å². The average Bonchev–Trinajstić information content (AvgIpc) is 1.74. The van der Waals surface area contributed by atoms with Crippen molar-refractivity contribution < 1.29 is 43.1 Å². The summed E-state index contributed by atoms with van der Waals surface area (Å²) in [5, 5.41) is 20.8. The van der Waals surface area contributed by atoms with Crippen LogP contribution >= 0.6 is 0 Å². The molecular formula is C87H117N9O9. The molecule has 0 amide bonds. The summed E-state index contributed by atoms with van der Waals surface area (Å²) in [5.74, 6) is 7.16. The first-order valence-electron chi connectivity index (χ1n) is 40.0. The fourth-order valence-corrected chi connectivity index (χ4v) is 17.2. The zero-order valence-electron chi connectivity index (χ0n) is 63.4. The number of hydrogen-bond acceptors (Lipinski definition) is 18. The van der Waals surface area contributed by atoms with E-state index >= 15 is 0 Å². The normalized spacial score (nSPS) is 22.0. The number of aliphatic hydroxyl groups is 1. The number of aromatic nitrogens is 3. The lowest BCUT2D eigenvalue weighted by Gasteiger charge is -2.29. The van der Waals surface area contributed by atoms with E-state index in [0.29, 0.717) is 17.8 Å². The minimum atomic E-state index is -0.210. The fraction of sp³-hybridized carbons (Fsp3) is 0.575. The Labute approximate surface area is 624 Å². The number of likely N-dealkylation sites (tertiary alicyclic amines) is 3. The molecule has 0 spiro atoms. The van der Waals surface area contributed by atoms with E-state index in [9.17, 15) is 14.7 Å². The number of rotatable bonds is 33. The van der Waals surface area contributed by atoms with E-state index in [4.69, 9.17) is 43.4 Å². The molecule has 2 unspecified atom stereocenters. The summed E-state index contributed by atoms with van der Waals surface area (Å²) in [4.78, 5) is 47.0. The lowest BCUT2D eigenvalue weighted by atomic mass is 9.93. The molecule has 6 aromatic rings. The van der Waals surface area contributed by atoms with Crippen molar-refractivity contribution in [1.82, 2.24) is 29.7 Å². The van der Waals surface area contributed by atoms with Crippen LogP contribution < -0.4 is 25.4 Å². The second kappa shape index (κ2) is 37.0. The number of benzene rings is 3. The summed E-state index contributed by atoms with van der Waals surface area (Å²) in [6, 6.07) is 33.4. The SMILES string of the molecule is C=C(O)C(c1ccccc1[C@H]1CC1OC)N1CC[C@@H](OCCCCc2ccc3c(n2)NCCC3)C1.COc1cccc([C@@H](C(C)=O)N2CC[C@@H](OCCCCc3ccc4c(n3)NCCC4)C2)c1C1CC1.COc1cccc([C@H](C(C)=O)N2CC[C@@H](OCCCCc3ccc4c(n3)NCCC4)C2)c1C1CC1. The van der Waals surface area contributed by atoms with Gasteiger partial charge in [-0.1, -0.05) is 73.3 Å². The topological polar surface area (TPSA) is 194 Å². The lowest BCUT2D eigenvalue weighted by Crippen LogP contribution is -2.33. The van der Waals surface area contributed by atoms with Gasteiger partial charge in [-0.25, -0.2) is 15.0 Å². The number of Topliss-reactive ketones (excluding diaryl/α,β-unsaturated/α-hetero) is 2. The van der Waals surface area contributed by atoms with Crippen molar-refractivity contribution in [2.24, 2.45) is 0 Å². The molecule has 9 heterocycles. The predicted molar refractivity (Wildman–Crippen MR) is 416 cm³/mol. The van der Waals surface area contributed by atoms with Gasteiger partial charge in [0.1, 0.15) is 34.7 Å². The van der Waals surface area contributed by atoms with Gasteiger partial charge >= 0.3 is 0 Å². The number of fused-ring (bicyclic) bond motifs is 3. The molecular weight excluding hydrogens is 1320 g/mol. The van der Waals surface area contributed by atoms with Gasteiger partial charge in [0.05, 0.1) is 56.8 Å². The van der Waals surface area contributed by atoms with E-state index in [1.807, 2.05) is 24.3 Å². The molecule has 564 valence electrons. The third-order valence-electron chi connectivity index (χ3n) is 23.0. The number of aryl methyl sites for hydroxylation is 6. The highest BCUT2D eigenvalue weighted by Crippen LogP contribution is 2.51. The Morgan fingerprint density at radius 3 is 1.25 bits per heavy atom. The molecule has 15 rings (SSSR count). The van der Waals surface area contributed by atoms with Gasteiger partial charge in [0.15, 0.2) is 11.6 Å². The van der Waals surface area contributed by atoms with Crippen LogP contribution in [0.1, 0.15) is 226 Å². The molecule has 3 aromatic heterocycles. The summed E-state index contributed by atoms with van der Waals surface area (Å²) in [6.45, 7) is 17.9. The molecule has 4 N–H and O–H groups in total. The first-order chi connectivity index (χ1) is 51.4. The fourth-order valence-electron chi connectivity index (χ4n) is 17.2. The summed E-state index contributed by atoms with van der Waals surface area (Å²) in [5.41, 5.74) is 14.7. The van der Waals surface area contributed by atoms with Crippen LogP contribution in [0.4, 0.5) is 17.5 Å². The van der Waals surface area contributed by atoms with Gasteiger partial charge in [-0.3, -0.25) is 24.3 Å². The van der Waals surface area contributed by atoms with E-state index < -0.39 is 0 Å². The highest BCUT2D eigenvalue weighted by molar-refractivity contribution is 5.84. The molecule has 8 atom stereocenters. The quantitative estimate of drug-likeness (QED) is 0.0224. The lowest BCUT2D eigenvalue weighted by molar-refractivity contribution is -0.123. The number of hydrogen-bond donors (Lipinski definition) is 4. The van der Waals surface area contributed by atoms with Crippen LogP contribution in [0.25, 0.3) is 0 Å². The first kappa shape index (κ1) is 75.9. The van der Waals surface area contributed by atoms with Gasteiger partial charge in [0.25, 0.3) is 0 Å². The molecule has 3 saturated heterocycles. The third-order valence-corrected chi connectivity index (χ3v) is 23.0. The highest BCUT2D eigenvalue weighted by Gasteiger charge is 2.43. The van der Waals surface area contributed by atoms with E-state index in [1.165, 1.54) is 95.4 Å². The van der Waals surface area contributed by atoms with Crippen LogP contribution in [-0.4, -0.2) is 171 Å². The molecule has 3 aromatic carbocycles. The Morgan fingerprint density at radius 1 is 0.495 bits per heavy atom. The van der Waals surface area contributed by atoms with Crippen molar-refractivity contribution in [2.75, 3.05) is 116 Å². The number of ketones is 2. The average molecular weight is 1430 g/mol. The van der Waals surface area contributed by atoms with Gasteiger partial charge in [-0.05, 0) is 243 Å². The zero-order valence-corrected chi connectivity index (χ0v) is 63.4. The van der Waals surface area contributed by atoms with Gasteiger partial charge < -0.3 is 49.5 Å². The molecule has 6 aliphatic heterocycles. The standard InChI is InChI=1S/3C29H39N3O3/c2*1-20(33)28(25-9-5-10-26(34-2)27(25)21-11-12-21)32-17-15-24(19-32)35-18-4-3-8-23-14-13-22-7-6-16-30-29(22)31-23;1-20(33)28(25-11-4-3-10-24(25)26-18-27(26)34-2)32-16-14-23(19-32)35-17-6-5-9-22-13-12-21-8-7-15-30-29(21)31-22/h2*5,9-10,13-14,21,24,28H,3-4,6-8,11-12,15-19H2,1-2H3,(H,30,31);3-4,10-13,23,26-28,33H,1,5-9,14-19H2,2H3,(H,30,31)/t24-,28+;24-,28-;23-,26-,27?,28?/m111/s1. The van der Waals surface area contributed by atoms with E-state index in [1.54, 1.807) is 35.2 Å². The molecule has 105 heavy (non-hydrogen) atoms. The second-order valence-electron chi connectivity index (χ2n) is 30.9. The summed E-state index contributed by atoms with van der Waals surface area (Å²) in [7, 11) is 5.23. The third kappa shape index (κ3) is 19.9. The largest absolute Gasteiger partial charge is 0.511 e. The van der Waals surface area contributed by atoms with Gasteiger partial charge in [-0.15, -0.1) is 0 Å². The number of ether oxygens (including phenoxy) is 6. The monoisotopic (exact) mass is 1430 g/mol. The maximum Gasteiger partial charge on any atom is 0.151 e. The van der Waals surface area contributed by atoms with Crippen molar-refractivity contribution in [1.29, 1.82) is 0 Å². The van der Waals surface area contributed by atoms with Crippen molar-refractivity contribution >= 4 is 29.0 Å². The Kier molecular flexibility index (Phi) is 26.8. The van der Waals surface area contributed by atoms with Crippen LogP contribution in [-0.2, 0) is 67.1 Å². The van der Waals surface area contributed by atoms with Gasteiger partial charge in [-0.2, -0.15) is 0 Å². The summed E-state index contributed by atoms with van der Waals surface area (Å²) in [6.07, 6.45) is 25.8. The Bertz CT molecular complexity index is 3710. The number of unbranched alkanes of at least 4 members (excludes halogenated alkanes) is 3. The highest BCUT2D eigenvalue weighted by atomic mass is 16.5. The molecule has 6 fully saturated rings. The smallest absolute Gasteiger partial charge is 0.151 e. The van der Waals surface area contributed by atoms with Gasteiger partial charge in [0.2, 0.25) is 0 Å². The van der Waals surface area contributed by atoms with E-state index in [0.717, 1.165) is 227 Å². The number of anilines is 3. The molecule has 18 nitrogen and oxygen atoms in total. The van der Waals surface area contributed by atoms with Crippen molar-refractivity contribution in [3.63, 3.8) is 0 Å². The number of aliphatic hydroxyl groups excluding tert-OH is 1. The Hall–Kier alpha value is -7.29. The van der Waals surface area contributed by atoms with Crippen molar-refractivity contribution in [3.05, 3.63) is 177 Å². The van der Waals surface area contributed by atoms with E-state index in [-0.39, 0.29) is 59.9 Å². The minimum Gasteiger partial charge on any atom is -0.511 e. The molecule has 0 bridgehead atoms. The Morgan fingerprint density at radius 2 is 0.886 bits per heavy atom. The van der Waals surface area contributed by atoms with Crippen LogP contribution in [0.2, 0.25) is 0 Å². The molecule has 0 radical (unpaired) electrons. The molecule has 18 heteroatoms. The van der Waals surface area contributed by atoms with Crippen LogP contribution in [0, 0.1) is 0 Å².